The Kier molecular flexibility index (Phi) is 5.86. The second-order valence-electron chi connectivity index (χ2n) is 8.89. The first-order valence-electron chi connectivity index (χ1n) is 11.4. The minimum absolute atomic E-state index is 0.0300. The molecule has 0 amide bonds. The minimum atomic E-state index is -0.314. The first kappa shape index (κ1) is 21.6. The summed E-state index contributed by atoms with van der Waals surface area (Å²) in [5.74, 6) is 0.945. The number of carbonyl (C=O) groups is 1. The fourth-order valence-corrected chi connectivity index (χ4v) is 5.12. The molecule has 1 heterocycles. The van der Waals surface area contributed by atoms with E-state index < -0.39 is 0 Å². The number of halogens is 1. The van der Waals surface area contributed by atoms with Gasteiger partial charge in [-0.15, -0.1) is 0 Å². The maximum Gasteiger partial charge on any atom is 0.163 e. The molecule has 1 aliphatic heterocycles. The van der Waals surface area contributed by atoms with Gasteiger partial charge in [-0.05, 0) is 56.0 Å². The van der Waals surface area contributed by atoms with Gasteiger partial charge in [0.1, 0.15) is 5.75 Å². The van der Waals surface area contributed by atoms with Crippen molar-refractivity contribution in [3.8, 4) is 5.75 Å². The fourth-order valence-electron chi connectivity index (χ4n) is 4.83. The van der Waals surface area contributed by atoms with E-state index in [9.17, 15) is 4.79 Å². The van der Waals surface area contributed by atoms with Crippen LogP contribution in [0.25, 0.3) is 0 Å². The molecule has 2 aliphatic rings. The van der Waals surface area contributed by atoms with Gasteiger partial charge in [-0.2, -0.15) is 0 Å². The van der Waals surface area contributed by atoms with Gasteiger partial charge in [-0.3, -0.25) is 4.79 Å². The molecular weight excluding hydrogens is 432 g/mol. The average Bonchev–Trinajstić information content (AvgIpc) is 2.96. The molecule has 0 radical (unpaired) electrons. The van der Waals surface area contributed by atoms with E-state index in [4.69, 9.17) is 16.3 Å². The Hall–Kier alpha value is -3.24. The number of ether oxygens (including phenoxy) is 1. The monoisotopic (exact) mass is 458 g/mol. The summed E-state index contributed by atoms with van der Waals surface area (Å²) < 4.78 is 6.14. The van der Waals surface area contributed by atoms with E-state index in [0.717, 1.165) is 39.5 Å². The van der Waals surface area contributed by atoms with E-state index in [1.165, 1.54) is 0 Å². The predicted molar refractivity (Wildman–Crippen MR) is 134 cm³/mol. The van der Waals surface area contributed by atoms with Gasteiger partial charge in [0.25, 0.3) is 0 Å². The number of anilines is 2. The molecule has 1 aliphatic carbocycles. The molecule has 5 heteroatoms. The molecule has 3 aromatic carbocycles. The van der Waals surface area contributed by atoms with Gasteiger partial charge in [-0.25, -0.2) is 0 Å². The highest BCUT2D eigenvalue weighted by atomic mass is 35.5. The summed E-state index contributed by atoms with van der Waals surface area (Å²) in [5.41, 5.74) is 5.61. The molecule has 0 spiro atoms. The van der Waals surface area contributed by atoms with Gasteiger partial charge in [0, 0.05) is 28.3 Å². The summed E-state index contributed by atoms with van der Waals surface area (Å²) in [6.45, 7) is 4.03. The summed E-state index contributed by atoms with van der Waals surface area (Å²) in [5, 5.41) is 7.93. The summed E-state index contributed by atoms with van der Waals surface area (Å²) in [6, 6.07) is 23.6. The highest BCUT2D eigenvalue weighted by molar-refractivity contribution is 6.31. The van der Waals surface area contributed by atoms with E-state index in [-0.39, 0.29) is 23.8 Å². The van der Waals surface area contributed by atoms with Crippen LogP contribution in [0.4, 0.5) is 11.4 Å². The Bertz CT molecular complexity index is 1230. The molecule has 0 unspecified atom stereocenters. The molecule has 0 fully saturated rings. The van der Waals surface area contributed by atoms with Crippen LogP contribution in [-0.4, -0.2) is 11.9 Å². The molecule has 2 N–H and O–H groups in total. The van der Waals surface area contributed by atoms with E-state index in [1.54, 1.807) is 0 Å². The van der Waals surface area contributed by atoms with Crippen molar-refractivity contribution in [3.05, 3.63) is 100 Å². The Morgan fingerprint density at radius 2 is 1.55 bits per heavy atom. The van der Waals surface area contributed by atoms with Gasteiger partial charge >= 0.3 is 0 Å². The molecule has 5 rings (SSSR count). The van der Waals surface area contributed by atoms with Crippen molar-refractivity contribution >= 4 is 28.8 Å². The number of benzene rings is 3. The Labute approximate surface area is 199 Å². The van der Waals surface area contributed by atoms with Crippen molar-refractivity contribution in [1.82, 2.24) is 0 Å². The van der Waals surface area contributed by atoms with Crippen molar-refractivity contribution < 1.29 is 9.53 Å². The van der Waals surface area contributed by atoms with Crippen LogP contribution >= 0.6 is 11.6 Å². The lowest BCUT2D eigenvalue weighted by Crippen LogP contribution is -2.27. The number of rotatable bonds is 4. The van der Waals surface area contributed by atoms with Crippen LogP contribution in [0.2, 0.25) is 5.02 Å². The van der Waals surface area contributed by atoms with Crippen LogP contribution in [0.5, 0.6) is 5.75 Å². The van der Waals surface area contributed by atoms with Crippen LogP contribution in [0.3, 0.4) is 0 Å². The third-order valence-electron chi connectivity index (χ3n) is 6.25. The van der Waals surface area contributed by atoms with Crippen LogP contribution in [0.15, 0.2) is 84.1 Å². The smallest absolute Gasteiger partial charge is 0.163 e. The van der Waals surface area contributed by atoms with Gasteiger partial charge < -0.3 is 15.4 Å². The molecule has 3 aromatic rings. The lowest BCUT2D eigenvalue weighted by atomic mass is 9.78. The van der Waals surface area contributed by atoms with Crippen LogP contribution < -0.4 is 15.4 Å². The second kappa shape index (κ2) is 8.95. The maximum atomic E-state index is 13.7. The fraction of sp³-hybridized carbons (Fsp3) is 0.250. The third-order valence-corrected chi connectivity index (χ3v) is 6.59. The lowest BCUT2D eigenvalue weighted by molar-refractivity contribution is -0.116. The van der Waals surface area contributed by atoms with Crippen molar-refractivity contribution in [3.63, 3.8) is 0 Å². The molecule has 4 nitrogen and oxygen atoms in total. The second-order valence-corrected chi connectivity index (χ2v) is 9.30. The Morgan fingerprint density at radius 1 is 0.879 bits per heavy atom. The van der Waals surface area contributed by atoms with E-state index in [2.05, 4.69) is 10.6 Å². The van der Waals surface area contributed by atoms with Gasteiger partial charge in [0.05, 0.1) is 23.5 Å². The van der Waals surface area contributed by atoms with E-state index >= 15 is 0 Å². The molecule has 0 bridgehead atoms. The highest BCUT2D eigenvalue weighted by Gasteiger charge is 2.37. The largest absolute Gasteiger partial charge is 0.491 e. The van der Waals surface area contributed by atoms with E-state index in [1.807, 2.05) is 86.6 Å². The molecule has 2 atom stereocenters. The van der Waals surface area contributed by atoms with Crippen molar-refractivity contribution in [2.75, 3.05) is 10.6 Å². The molecule has 0 saturated heterocycles. The zero-order valence-corrected chi connectivity index (χ0v) is 19.5. The van der Waals surface area contributed by atoms with Crippen molar-refractivity contribution in [2.45, 2.75) is 44.8 Å². The number of allylic oxidation sites excluding steroid dienone is 1. The number of Topliss-reactive ketones (excluding diaryl/α,β-unsaturated/α-hetero) is 1. The lowest BCUT2D eigenvalue weighted by Gasteiger charge is -2.31. The summed E-state index contributed by atoms with van der Waals surface area (Å²) in [7, 11) is 0. The summed E-state index contributed by atoms with van der Waals surface area (Å²) in [6.07, 6.45) is 1.17. The van der Waals surface area contributed by atoms with Gasteiger partial charge in [-0.1, -0.05) is 60.1 Å². The van der Waals surface area contributed by atoms with Crippen LogP contribution in [-0.2, 0) is 4.79 Å². The Morgan fingerprint density at radius 3 is 2.30 bits per heavy atom. The molecular formula is C28H27ClN2O2. The van der Waals surface area contributed by atoms with Crippen LogP contribution in [0, 0.1) is 0 Å². The normalized spacial score (nSPS) is 19.8. The quantitative estimate of drug-likeness (QED) is 0.437. The zero-order chi connectivity index (χ0) is 22.9. The molecule has 0 saturated carbocycles. The first-order valence-corrected chi connectivity index (χ1v) is 11.8. The summed E-state index contributed by atoms with van der Waals surface area (Å²) in [4.78, 5) is 13.7. The number of carbonyl (C=O) groups excluding carboxylic acids is 1. The average molecular weight is 459 g/mol. The number of para-hydroxylation sites is 3. The number of ketones is 1. The minimum Gasteiger partial charge on any atom is -0.491 e. The van der Waals surface area contributed by atoms with Crippen molar-refractivity contribution in [2.24, 2.45) is 0 Å². The standard InChI is InChI=1S/C28H27ClN2O2/c1-17(2)33-26-14-8-4-10-20(26)28-27-24(30-22-12-6-7-13-23(22)31-28)15-18(16-25(27)32)19-9-3-5-11-21(19)29/h3-14,17-18,28,30-31H,15-16H2,1-2H3/t18-,28-/m1/s1. The number of nitrogens with one attached hydrogen (secondary N) is 2. The maximum absolute atomic E-state index is 13.7. The van der Waals surface area contributed by atoms with E-state index in [0.29, 0.717) is 17.9 Å². The highest BCUT2D eigenvalue weighted by Crippen LogP contribution is 2.46. The SMILES string of the molecule is CC(C)Oc1ccccc1[C@H]1Nc2ccccc2NC2=C1C(=O)C[C@H](c1ccccc1Cl)C2. The molecule has 33 heavy (non-hydrogen) atoms. The molecule has 0 aromatic heterocycles. The number of hydrogen-bond donors (Lipinski definition) is 2. The van der Waals surface area contributed by atoms with Gasteiger partial charge in [0.2, 0.25) is 0 Å². The first-order chi connectivity index (χ1) is 16.0. The number of hydrogen-bond acceptors (Lipinski definition) is 4. The molecule has 168 valence electrons. The summed E-state index contributed by atoms with van der Waals surface area (Å²) >= 11 is 6.51. The predicted octanol–water partition coefficient (Wildman–Crippen LogP) is 7.11. The van der Waals surface area contributed by atoms with Crippen LogP contribution in [0.1, 0.15) is 49.8 Å². The van der Waals surface area contributed by atoms with Crippen molar-refractivity contribution in [1.29, 1.82) is 0 Å². The third kappa shape index (κ3) is 4.23. The topological polar surface area (TPSA) is 50.4 Å². The zero-order valence-electron chi connectivity index (χ0n) is 18.8. The Balaban J connectivity index is 1.63. The van der Waals surface area contributed by atoms with Gasteiger partial charge in [0.15, 0.2) is 5.78 Å². The number of fused-ring (bicyclic) bond motifs is 1.